The van der Waals surface area contributed by atoms with Crippen LogP contribution in [0.1, 0.15) is 13.8 Å². The predicted octanol–water partition coefficient (Wildman–Crippen LogP) is 2.54. The van der Waals surface area contributed by atoms with Crippen LogP contribution >= 0.6 is 0 Å². The number of rotatable bonds is 3. The SMILES string of the molecule is C\C=C/C=C\C=C\C(C)=C/N. The third kappa shape index (κ3) is 6.65. The average Bonchev–Trinajstić information content (AvgIpc) is 2.04. The zero-order valence-electron chi connectivity index (χ0n) is 7.12. The Morgan fingerprint density at radius 1 is 1.09 bits per heavy atom. The van der Waals surface area contributed by atoms with Gasteiger partial charge in [0.25, 0.3) is 0 Å². The summed E-state index contributed by atoms with van der Waals surface area (Å²) in [4.78, 5) is 0. The summed E-state index contributed by atoms with van der Waals surface area (Å²) in [5, 5.41) is 0. The number of hydrogen-bond donors (Lipinski definition) is 1. The summed E-state index contributed by atoms with van der Waals surface area (Å²) in [6.45, 7) is 3.94. The molecular formula is C10H15N. The van der Waals surface area contributed by atoms with E-state index in [4.69, 9.17) is 5.73 Å². The van der Waals surface area contributed by atoms with Crippen molar-refractivity contribution < 1.29 is 0 Å². The van der Waals surface area contributed by atoms with Gasteiger partial charge in [0.1, 0.15) is 0 Å². The van der Waals surface area contributed by atoms with Gasteiger partial charge in [0.15, 0.2) is 0 Å². The summed E-state index contributed by atoms with van der Waals surface area (Å²) in [5.74, 6) is 0. The summed E-state index contributed by atoms with van der Waals surface area (Å²) >= 11 is 0. The first-order valence-corrected chi connectivity index (χ1v) is 3.65. The maximum absolute atomic E-state index is 5.26. The molecule has 0 spiro atoms. The minimum Gasteiger partial charge on any atom is -0.404 e. The fourth-order valence-electron chi connectivity index (χ4n) is 0.502. The molecule has 0 unspecified atom stereocenters. The van der Waals surface area contributed by atoms with E-state index in [0.29, 0.717) is 0 Å². The smallest absolute Gasteiger partial charge is 0.00325 e. The van der Waals surface area contributed by atoms with Gasteiger partial charge >= 0.3 is 0 Å². The summed E-state index contributed by atoms with van der Waals surface area (Å²) in [7, 11) is 0. The van der Waals surface area contributed by atoms with Crippen molar-refractivity contribution in [2.75, 3.05) is 0 Å². The van der Waals surface area contributed by atoms with Gasteiger partial charge in [0.05, 0.1) is 0 Å². The van der Waals surface area contributed by atoms with E-state index in [2.05, 4.69) is 0 Å². The summed E-state index contributed by atoms with van der Waals surface area (Å²) < 4.78 is 0. The highest BCUT2D eigenvalue weighted by Crippen LogP contribution is 1.91. The first-order chi connectivity index (χ1) is 5.31. The van der Waals surface area contributed by atoms with Crippen molar-refractivity contribution in [2.24, 2.45) is 5.73 Å². The van der Waals surface area contributed by atoms with Crippen LogP contribution in [0.5, 0.6) is 0 Å². The molecule has 0 aliphatic rings. The lowest BCUT2D eigenvalue weighted by Gasteiger charge is -1.83. The quantitative estimate of drug-likeness (QED) is 0.613. The van der Waals surface area contributed by atoms with Crippen LogP contribution in [-0.4, -0.2) is 0 Å². The molecule has 0 aromatic rings. The zero-order valence-corrected chi connectivity index (χ0v) is 7.12. The Labute approximate surface area is 68.6 Å². The Hall–Kier alpha value is -1.24. The standard InChI is InChI=1S/C10H15N/c1-3-4-5-6-7-8-10(2)9-11/h3-9H,11H2,1-2H3/b4-3-,6-5-,8-7+,10-9-. The summed E-state index contributed by atoms with van der Waals surface area (Å²) in [6.07, 6.45) is 13.4. The van der Waals surface area contributed by atoms with Crippen molar-refractivity contribution in [3.8, 4) is 0 Å². The van der Waals surface area contributed by atoms with Gasteiger partial charge in [-0.1, -0.05) is 36.5 Å². The van der Waals surface area contributed by atoms with Crippen LogP contribution in [0, 0.1) is 0 Å². The largest absolute Gasteiger partial charge is 0.404 e. The number of hydrogen-bond acceptors (Lipinski definition) is 1. The molecular weight excluding hydrogens is 134 g/mol. The van der Waals surface area contributed by atoms with Crippen molar-refractivity contribution in [3.05, 3.63) is 48.2 Å². The maximum Gasteiger partial charge on any atom is -0.00325 e. The Morgan fingerprint density at radius 2 is 1.73 bits per heavy atom. The third-order valence-corrected chi connectivity index (χ3v) is 1.15. The molecule has 0 atom stereocenters. The highest BCUT2D eigenvalue weighted by Gasteiger charge is 1.72. The van der Waals surface area contributed by atoms with Gasteiger partial charge in [0, 0.05) is 0 Å². The molecule has 0 bridgehead atoms. The van der Waals surface area contributed by atoms with Crippen LogP contribution < -0.4 is 5.73 Å². The highest BCUT2D eigenvalue weighted by molar-refractivity contribution is 5.20. The lowest BCUT2D eigenvalue weighted by Crippen LogP contribution is -1.79. The molecule has 0 saturated heterocycles. The molecule has 0 amide bonds. The van der Waals surface area contributed by atoms with E-state index in [0.717, 1.165) is 5.57 Å². The second-order valence-corrected chi connectivity index (χ2v) is 2.18. The van der Waals surface area contributed by atoms with E-state index in [1.807, 2.05) is 50.3 Å². The lowest BCUT2D eigenvalue weighted by atomic mass is 10.3. The molecule has 0 aromatic carbocycles. The van der Waals surface area contributed by atoms with Gasteiger partial charge in [-0.05, 0) is 25.6 Å². The molecule has 1 nitrogen and oxygen atoms in total. The van der Waals surface area contributed by atoms with Gasteiger partial charge in [-0.2, -0.15) is 0 Å². The Balaban J connectivity index is 3.77. The van der Waals surface area contributed by atoms with E-state index >= 15 is 0 Å². The first kappa shape index (κ1) is 9.76. The molecule has 60 valence electrons. The Kier molecular flexibility index (Phi) is 6.10. The molecule has 0 radical (unpaired) electrons. The number of allylic oxidation sites excluding steroid dienone is 7. The normalized spacial score (nSPS) is 14.2. The highest BCUT2D eigenvalue weighted by atomic mass is 14.5. The molecule has 1 heteroatoms. The average molecular weight is 149 g/mol. The van der Waals surface area contributed by atoms with E-state index < -0.39 is 0 Å². The Morgan fingerprint density at radius 3 is 2.27 bits per heavy atom. The van der Waals surface area contributed by atoms with E-state index in [1.165, 1.54) is 0 Å². The van der Waals surface area contributed by atoms with Crippen LogP contribution in [0.3, 0.4) is 0 Å². The van der Waals surface area contributed by atoms with Gasteiger partial charge in [-0.25, -0.2) is 0 Å². The maximum atomic E-state index is 5.26. The zero-order chi connectivity index (χ0) is 8.53. The van der Waals surface area contributed by atoms with Crippen molar-refractivity contribution >= 4 is 0 Å². The molecule has 0 rings (SSSR count). The second-order valence-electron chi connectivity index (χ2n) is 2.18. The van der Waals surface area contributed by atoms with Gasteiger partial charge < -0.3 is 5.73 Å². The second kappa shape index (κ2) is 6.87. The molecule has 2 N–H and O–H groups in total. The monoisotopic (exact) mass is 149 g/mol. The van der Waals surface area contributed by atoms with Crippen LogP contribution in [0.15, 0.2) is 48.2 Å². The fraction of sp³-hybridized carbons (Fsp3) is 0.200. The van der Waals surface area contributed by atoms with Gasteiger partial charge in [0.2, 0.25) is 0 Å². The fourth-order valence-corrected chi connectivity index (χ4v) is 0.502. The van der Waals surface area contributed by atoms with Crippen molar-refractivity contribution in [3.63, 3.8) is 0 Å². The van der Waals surface area contributed by atoms with Crippen LogP contribution in [-0.2, 0) is 0 Å². The van der Waals surface area contributed by atoms with Crippen molar-refractivity contribution in [2.45, 2.75) is 13.8 Å². The van der Waals surface area contributed by atoms with E-state index in [-0.39, 0.29) is 0 Å². The molecule has 11 heavy (non-hydrogen) atoms. The molecule has 0 fully saturated rings. The first-order valence-electron chi connectivity index (χ1n) is 3.65. The van der Waals surface area contributed by atoms with Crippen LogP contribution in [0.2, 0.25) is 0 Å². The molecule has 0 heterocycles. The third-order valence-electron chi connectivity index (χ3n) is 1.15. The Bertz CT molecular complexity index is 195. The minimum atomic E-state index is 1.06. The molecule has 0 aliphatic heterocycles. The molecule has 0 aliphatic carbocycles. The lowest BCUT2D eigenvalue weighted by molar-refractivity contribution is 1.43. The minimum absolute atomic E-state index is 1.06. The predicted molar refractivity (Wildman–Crippen MR) is 51.0 cm³/mol. The van der Waals surface area contributed by atoms with Gasteiger partial charge in [-0.15, -0.1) is 0 Å². The number of nitrogens with two attached hydrogens (primary N) is 1. The van der Waals surface area contributed by atoms with Crippen molar-refractivity contribution in [1.29, 1.82) is 0 Å². The molecule has 0 aromatic heterocycles. The van der Waals surface area contributed by atoms with Crippen molar-refractivity contribution in [1.82, 2.24) is 0 Å². The van der Waals surface area contributed by atoms with E-state index in [9.17, 15) is 0 Å². The summed E-state index contributed by atoms with van der Waals surface area (Å²) in [6, 6.07) is 0. The molecule has 0 saturated carbocycles. The van der Waals surface area contributed by atoms with Gasteiger partial charge in [-0.3, -0.25) is 0 Å². The summed E-state index contributed by atoms with van der Waals surface area (Å²) in [5.41, 5.74) is 6.33. The van der Waals surface area contributed by atoms with E-state index in [1.54, 1.807) is 6.20 Å². The topological polar surface area (TPSA) is 26.0 Å². The van der Waals surface area contributed by atoms with Crippen LogP contribution in [0.4, 0.5) is 0 Å². The van der Waals surface area contributed by atoms with Crippen LogP contribution in [0.25, 0.3) is 0 Å².